The van der Waals surface area contributed by atoms with Crippen molar-refractivity contribution in [2.24, 2.45) is 0 Å². The molecular formula is C17H19N3O4. The van der Waals surface area contributed by atoms with Crippen molar-refractivity contribution in [3.8, 4) is 5.75 Å². The predicted molar refractivity (Wildman–Crippen MR) is 91.1 cm³/mol. The van der Waals surface area contributed by atoms with Crippen molar-refractivity contribution in [1.29, 1.82) is 0 Å². The smallest absolute Gasteiger partial charge is 0.273 e. The second kappa shape index (κ2) is 8.07. The summed E-state index contributed by atoms with van der Waals surface area (Å²) in [6.07, 6.45) is 0. The molecular weight excluding hydrogens is 310 g/mol. The number of ether oxygens (including phenoxy) is 1. The third-order valence-corrected chi connectivity index (χ3v) is 3.54. The van der Waals surface area contributed by atoms with Crippen molar-refractivity contribution in [1.82, 2.24) is 5.32 Å². The molecule has 0 aromatic heterocycles. The summed E-state index contributed by atoms with van der Waals surface area (Å²) < 4.78 is 5.09. The molecule has 0 aliphatic heterocycles. The molecule has 0 aliphatic rings. The molecule has 0 spiro atoms. The van der Waals surface area contributed by atoms with Crippen LogP contribution in [0.1, 0.15) is 18.5 Å². The van der Waals surface area contributed by atoms with Crippen LogP contribution in [0.25, 0.3) is 0 Å². The Morgan fingerprint density at radius 3 is 2.58 bits per heavy atom. The molecule has 0 saturated carbocycles. The first-order chi connectivity index (χ1) is 11.5. The predicted octanol–water partition coefficient (Wildman–Crippen LogP) is 2.89. The normalized spacial score (nSPS) is 11.6. The first-order valence-electron chi connectivity index (χ1n) is 7.42. The van der Waals surface area contributed by atoms with E-state index in [4.69, 9.17) is 4.74 Å². The van der Waals surface area contributed by atoms with Crippen LogP contribution in [0.5, 0.6) is 5.75 Å². The van der Waals surface area contributed by atoms with Crippen molar-refractivity contribution >= 4 is 17.3 Å². The first kappa shape index (κ1) is 17.4. The van der Waals surface area contributed by atoms with Crippen molar-refractivity contribution < 1.29 is 14.5 Å². The number of amides is 1. The van der Waals surface area contributed by atoms with Gasteiger partial charge in [0.05, 0.1) is 30.3 Å². The second-order valence-corrected chi connectivity index (χ2v) is 5.20. The Hall–Kier alpha value is -2.93. The van der Waals surface area contributed by atoms with Gasteiger partial charge in [-0.1, -0.05) is 30.3 Å². The van der Waals surface area contributed by atoms with Gasteiger partial charge in [-0.25, -0.2) is 0 Å². The van der Waals surface area contributed by atoms with Crippen LogP contribution in [-0.2, 0) is 4.79 Å². The lowest BCUT2D eigenvalue weighted by atomic mass is 10.1. The minimum atomic E-state index is -0.517. The molecule has 0 fully saturated rings. The number of nitrogens with one attached hydrogen (secondary N) is 2. The number of non-ortho nitro benzene ring substituents is 1. The lowest BCUT2D eigenvalue weighted by Crippen LogP contribution is -2.30. The lowest BCUT2D eigenvalue weighted by Gasteiger charge is -2.15. The Morgan fingerprint density at radius 1 is 1.25 bits per heavy atom. The maximum atomic E-state index is 12.1. The van der Waals surface area contributed by atoms with E-state index >= 15 is 0 Å². The number of rotatable bonds is 7. The number of nitro benzene ring substituents is 1. The van der Waals surface area contributed by atoms with Gasteiger partial charge in [0.25, 0.3) is 5.69 Å². The minimum absolute atomic E-state index is 0.0238. The molecule has 126 valence electrons. The van der Waals surface area contributed by atoms with Crippen molar-refractivity contribution in [2.45, 2.75) is 13.0 Å². The summed E-state index contributed by atoms with van der Waals surface area (Å²) in [5, 5.41) is 16.6. The van der Waals surface area contributed by atoms with Crippen LogP contribution < -0.4 is 15.4 Å². The summed E-state index contributed by atoms with van der Waals surface area (Å²) in [5.74, 6) is -0.0152. The topological polar surface area (TPSA) is 93.5 Å². The van der Waals surface area contributed by atoms with Crippen LogP contribution in [0.4, 0.5) is 11.4 Å². The molecule has 1 atom stereocenters. The van der Waals surface area contributed by atoms with E-state index in [9.17, 15) is 14.9 Å². The van der Waals surface area contributed by atoms with E-state index in [2.05, 4.69) is 10.6 Å². The van der Waals surface area contributed by atoms with Crippen LogP contribution in [0.2, 0.25) is 0 Å². The molecule has 0 heterocycles. The van der Waals surface area contributed by atoms with Gasteiger partial charge < -0.3 is 15.4 Å². The zero-order valence-corrected chi connectivity index (χ0v) is 13.5. The van der Waals surface area contributed by atoms with Gasteiger partial charge in [-0.05, 0) is 18.6 Å². The molecule has 0 radical (unpaired) electrons. The van der Waals surface area contributed by atoms with Crippen LogP contribution in [0.15, 0.2) is 48.5 Å². The molecule has 2 N–H and O–H groups in total. The van der Waals surface area contributed by atoms with E-state index in [1.54, 1.807) is 0 Å². The molecule has 7 nitrogen and oxygen atoms in total. The number of nitro groups is 1. The lowest BCUT2D eigenvalue weighted by molar-refractivity contribution is -0.384. The summed E-state index contributed by atoms with van der Waals surface area (Å²) in [6, 6.07) is 13.8. The number of carbonyl (C=O) groups excluding carboxylic acids is 1. The highest BCUT2D eigenvalue weighted by Crippen LogP contribution is 2.28. The highest BCUT2D eigenvalue weighted by molar-refractivity contribution is 5.93. The SMILES string of the molecule is COc1cc([N+](=O)[O-])ccc1NC(=O)CN[C@@H](C)c1ccccc1. The van der Waals surface area contributed by atoms with E-state index in [0.29, 0.717) is 5.69 Å². The molecule has 0 saturated heterocycles. The third kappa shape index (κ3) is 4.53. The van der Waals surface area contributed by atoms with Crippen LogP contribution >= 0.6 is 0 Å². The maximum Gasteiger partial charge on any atom is 0.273 e. The van der Waals surface area contributed by atoms with Gasteiger partial charge in [-0.3, -0.25) is 14.9 Å². The van der Waals surface area contributed by atoms with Gasteiger partial charge >= 0.3 is 0 Å². The van der Waals surface area contributed by atoms with E-state index in [1.807, 2.05) is 37.3 Å². The van der Waals surface area contributed by atoms with Gasteiger partial charge in [0.2, 0.25) is 5.91 Å². The molecule has 0 bridgehead atoms. The van der Waals surface area contributed by atoms with Crippen LogP contribution in [-0.4, -0.2) is 24.5 Å². The molecule has 2 rings (SSSR count). The standard InChI is InChI=1S/C17H19N3O4/c1-12(13-6-4-3-5-7-13)18-11-17(21)19-15-9-8-14(20(22)23)10-16(15)24-2/h3-10,12,18H,11H2,1-2H3,(H,19,21)/t12-/m0/s1. The largest absolute Gasteiger partial charge is 0.494 e. The summed E-state index contributed by atoms with van der Waals surface area (Å²) in [7, 11) is 1.39. The Balaban J connectivity index is 1.96. The average Bonchev–Trinajstić information content (AvgIpc) is 2.60. The highest BCUT2D eigenvalue weighted by atomic mass is 16.6. The summed E-state index contributed by atoms with van der Waals surface area (Å²) in [4.78, 5) is 22.3. The number of benzene rings is 2. The summed E-state index contributed by atoms with van der Waals surface area (Å²) in [5.41, 5.74) is 1.38. The Bertz CT molecular complexity index is 719. The van der Waals surface area contributed by atoms with Gasteiger partial charge in [-0.15, -0.1) is 0 Å². The monoisotopic (exact) mass is 329 g/mol. The van der Waals surface area contributed by atoms with Crippen molar-refractivity contribution in [3.05, 3.63) is 64.2 Å². The summed E-state index contributed by atoms with van der Waals surface area (Å²) in [6.45, 7) is 2.07. The number of hydrogen-bond acceptors (Lipinski definition) is 5. The van der Waals surface area contributed by atoms with Gasteiger partial charge in [-0.2, -0.15) is 0 Å². The van der Waals surface area contributed by atoms with E-state index in [-0.39, 0.29) is 29.9 Å². The van der Waals surface area contributed by atoms with Gasteiger partial charge in [0, 0.05) is 12.1 Å². The molecule has 0 aliphatic carbocycles. The number of nitrogens with zero attached hydrogens (tertiary/aromatic N) is 1. The van der Waals surface area contributed by atoms with E-state index in [1.165, 1.54) is 25.3 Å². The molecule has 2 aromatic rings. The fourth-order valence-corrected chi connectivity index (χ4v) is 2.20. The number of hydrogen-bond donors (Lipinski definition) is 2. The Labute approximate surface area is 139 Å². The molecule has 24 heavy (non-hydrogen) atoms. The fraction of sp³-hybridized carbons (Fsp3) is 0.235. The second-order valence-electron chi connectivity index (χ2n) is 5.20. The van der Waals surface area contributed by atoms with Crippen molar-refractivity contribution in [2.75, 3.05) is 19.0 Å². The van der Waals surface area contributed by atoms with Gasteiger partial charge in [0.15, 0.2) is 0 Å². The maximum absolute atomic E-state index is 12.1. The molecule has 1 amide bonds. The Kier molecular flexibility index (Phi) is 5.86. The summed E-state index contributed by atoms with van der Waals surface area (Å²) >= 11 is 0. The third-order valence-electron chi connectivity index (χ3n) is 3.54. The number of carbonyl (C=O) groups is 1. The molecule has 7 heteroatoms. The fourth-order valence-electron chi connectivity index (χ4n) is 2.20. The van der Waals surface area contributed by atoms with Crippen LogP contribution in [0, 0.1) is 10.1 Å². The first-order valence-corrected chi connectivity index (χ1v) is 7.42. The zero-order valence-electron chi connectivity index (χ0n) is 13.5. The zero-order chi connectivity index (χ0) is 17.5. The molecule has 2 aromatic carbocycles. The number of anilines is 1. The van der Waals surface area contributed by atoms with Crippen molar-refractivity contribution in [3.63, 3.8) is 0 Å². The van der Waals surface area contributed by atoms with E-state index in [0.717, 1.165) is 5.56 Å². The minimum Gasteiger partial charge on any atom is -0.494 e. The average molecular weight is 329 g/mol. The highest BCUT2D eigenvalue weighted by Gasteiger charge is 2.14. The quantitative estimate of drug-likeness (QED) is 0.602. The number of methoxy groups -OCH3 is 1. The van der Waals surface area contributed by atoms with Crippen LogP contribution in [0.3, 0.4) is 0 Å². The molecule has 0 unspecified atom stereocenters. The van der Waals surface area contributed by atoms with E-state index < -0.39 is 4.92 Å². The van der Waals surface area contributed by atoms with Gasteiger partial charge in [0.1, 0.15) is 5.75 Å². The Morgan fingerprint density at radius 2 is 1.96 bits per heavy atom.